The van der Waals surface area contributed by atoms with E-state index in [0.29, 0.717) is 37.4 Å². The van der Waals surface area contributed by atoms with Crippen molar-refractivity contribution in [1.29, 1.82) is 0 Å². The van der Waals surface area contributed by atoms with E-state index in [4.69, 9.17) is 21.7 Å². The van der Waals surface area contributed by atoms with E-state index in [9.17, 15) is 13.6 Å². The molecule has 8 heteroatoms. The van der Waals surface area contributed by atoms with E-state index in [1.54, 1.807) is 18.2 Å². The van der Waals surface area contributed by atoms with Crippen LogP contribution < -0.4 is 14.8 Å². The molecule has 1 N–H and O–H groups in total. The maximum absolute atomic E-state index is 13.6. The highest BCUT2D eigenvalue weighted by Crippen LogP contribution is 2.39. The van der Waals surface area contributed by atoms with Gasteiger partial charge >= 0.3 is 0 Å². The van der Waals surface area contributed by atoms with Gasteiger partial charge in [-0.3, -0.25) is 4.79 Å². The number of carbonyl (C=O) groups is 1. The van der Waals surface area contributed by atoms with Crippen molar-refractivity contribution in [3.8, 4) is 22.6 Å². The summed E-state index contributed by atoms with van der Waals surface area (Å²) < 4.78 is 37.9. The maximum atomic E-state index is 13.6. The molecule has 134 valence electrons. The van der Waals surface area contributed by atoms with E-state index in [1.807, 2.05) is 0 Å². The molecule has 1 aliphatic heterocycles. The molecular weight excluding hydrogens is 380 g/mol. The zero-order chi connectivity index (χ0) is 18.8. The van der Waals surface area contributed by atoms with Crippen LogP contribution >= 0.6 is 24.0 Å². The highest BCUT2D eigenvalue weighted by Gasteiger charge is 2.23. The fourth-order valence-corrected chi connectivity index (χ4v) is 3.54. The third-order valence-corrected chi connectivity index (χ3v) is 4.85. The Morgan fingerprint density at radius 2 is 1.85 bits per heavy atom. The number of nitrogens with one attached hydrogen (secondary N) is 1. The third kappa shape index (κ3) is 3.56. The van der Waals surface area contributed by atoms with Crippen LogP contribution in [0.3, 0.4) is 0 Å². The molecule has 26 heavy (non-hydrogen) atoms. The number of thioether (sulfide) groups is 1. The number of benzene rings is 2. The minimum Gasteiger partial charge on any atom is -0.493 e. The normalized spacial score (nSPS) is 15.3. The highest BCUT2D eigenvalue weighted by molar-refractivity contribution is 8.26. The molecule has 0 bridgehead atoms. The molecule has 0 unspecified atom stereocenters. The van der Waals surface area contributed by atoms with Gasteiger partial charge in [-0.2, -0.15) is 0 Å². The topological polar surface area (TPSA) is 47.6 Å². The first-order valence-electron chi connectivity index (χ1n) is 7.39. The second-order valence-corrected chi connectivity index (χ2v) is 7.00. The van der Waals surface area contributed by atoms with Gasteiger partial charge in [0.05, 0.1) is 19.1 Å². The van der Waals surface area contributed by atoms with Crippen LogP contribution in [0.5, 0.6) is 11.5 Å². The van der Waals surface area contributed by atoms with Crippen LogP contribution in [0.1, 0.15) is 5.56 Å². The number of methoxy groups -OCH3 is 2. The lowest BCUT2D eigenvalue weighted by atomic mass is 10.0. The second-order valence-electron chi connectivity index (χ2n) is 5.28. The van der Waals surface area contributed by atoms with Gasteiger partial charge in [0.15, 0.2) is 23.1 Å². The number of halogens is 2. The van der Waals surface area contributed by atoms with Crippen molar-refractivity contribution in [2.24, 2.45) is 0 Å². The Morgan fingerprint density at radius 3 is 2.42 bits per heavy atom. The van der Waals surface area contributed by atoms with Crippen molar-refractivity contribution in [3.63, 3.8) is 0 Å². The average molecular weight is 393 g/mol. The molecular formula is C18H13F2NO3S2. The molecule has 1 amide bonds. The predicted molar refractivity (Wildman–Crippen MR) is 101 cm³/mol. The fraction of sp³-hybridized carbons (Fsp3) is 0.111. The Hall–Kier alpha value is -2.45. The molecule has 2 aromatic carbocycles. The highest BCUT2D eigenvalue weighted by atomic mass is 32.2. The summed E-state index contributed by atoms with van der Waals surface area (Å²) >= 11 is 6.12. The van der Waals surface area contributed by atoms with Crippen LogP contribution in [-0.2, 0) is 4.79 Å². The number of rotatable bonds is 4. The largest absolute Gasteiger partial charge is 0.493 e. The first-order chi connectivity index (χ1) is 12.4. The molecule has 0 aliphatic carbocycles. The smallest absolute Gasteiger partial charge is 0.263 e. The molecule has 1 fully saturated rings. The SMILES string of the molecule is COc1cc(-c2ccc(F)c(F)c2)cc(C=C2SC(=S)NC2=O)c1OC. The molecule has 0 atom stereocenters. The summed E-state index contributed by atoms with van der Waals surface area (Å²) in [4.78, 5) is 12.3. The lowest BCUT2D eigenvalue weighted by Gasteiger charge is -2.14. The Labute approximate surface area is 158 Å². The number of thiocarbonyl (C=S) groups is 1. The van der Waals surface area contributed by atoms with Crippen LogP contribution in [-0.4, -0.2) is 24.4 Å². The average Bonchev–Trinajstić information content (AvgIpc) is 2.93. The van der Waals surface area contributed by atoms with Gasteiger partial charge in [-0.1, -0.05) is 30.0 Å². The number of ether oxygens (including phenoxy) is 2. The summed E-state index contributed by atoms with van der Waals surface area (Å²) in [6.45, 7) is 0. The zero-order valence-corrected chi connectivity index (χ0v) is 15.4. The number of hydrogen-bond acceptors (Lipinski definition) is 5. The van der Waals surface area contributed by atoms with Gasteiger partial charge in [0, 0.05) is 5.56 Å². The van der Waals surface area contributed by atoms with E-state index in [2.05, 4.69) is 5.32 Å². The van der Waals surface area contributed by atoms with Crippen molar-refractivity contribution >= 4 is 40.3 Å². The molecule has 0 saturated carbocycles. The molecule has 1 aliphatic rings. The molecule has 3 rings (SSSR count). The van der Waals surface area contributed by atoms with Crippen molar-refractivity contribution < 1.29 is 23.0 Å². The lowest BCUT2D eigenvalue weighted by molar-refractivity contribution is -0.115. The van der Waals surface area contributed by atoms with Gasteiger partial charge in [-0.05, 0) is 41.5 Å². The first-order valence-corrected chi connectivity index (χ1v) is 8.61. The fourth-order valence-electron chi connectivity index (χ4n) is 2.51. The van der Waals surface area contributed by atoms with E-state index in [0.717, 1.165) is 23.9 Å². The number of carbonyl (C=O) groups excluding carboxylic acids is 1. The van der Waals surface area contributed by atoms with Crippen LogP contribution in [0.4, 0.5) is 8.78 Å². The standard InChI is InChI=1S/C18H13F2NO3S2/c1-23-14-7-10(9-3-4-12(19)13(20)6-9)5-11(16(14)24-2)8-15-17(22)21-18(25)26-15/h3-8H,1-2H3,(H,21,22,25). The van der Waals surface area contributed by atoms with Gasteiger partial charge in [-0.15, -0.1) is 0 Å². The van der Waals surface area contributed by atoms with E-state index in [1.165, 1.54) is 20.3 Å². The number of hydrogen-bond donors (Lipinski definition) is 1. The van der Waals surface area contributed by atoms with Gasteiger partial charge in [0.2, 0.25) is 0 Å². The molecule has 0 spiro atoms. The van der Waals surface area contributed by atoms with Crippen molar-refractivity contribution in [2.75, 3.05) is 14.2 Å². The Morgan fingerprint density at radius 1 is 1.08 bits per heavy atom. The summed E-state index contributed by atoms with van der Waals surface area (Å²) in [6.07, 6.45) is 1.62. The van der Waals surface area contributed by atoms with Crippen LogP contribution in [0, 0.1) is 11.6 Å². The van der Waals surface area contributed by atoms with Crippen molar-refractivity contribution in [3.05, 3.63) is 52.4 Å². The van der Waals surface area contributed by atoms with E-state index in [-0.39, 0.29) is 5.91 Å². The van der Waals surface area contributed by atoms with Gasteiger partial charge < -0.3 is 14.8 Å². The first kappa shape index (κ1) is 18.3. The summed E-state index contributed by atoms with van der Waals surface area (Å²) in [7, 11) is 2.94. The number of amides is 1. The second kappa shape index (κ2) is 7.43. The third-order valence-electron chi connectivity index (χ3n) is 3.69. The van der Waals surface area contributed by atoms with Crippen LogP contribution in [0.2, 0.25) is 0 Å². The Bertz CT molecular complexity index is 944. The van der Waals surface area contributed by atoms with Gasteiger partial charge in [0.1, 0.15) is 4.32 Å². The molecule has 4 nitrogen and oxygen atoms in total. The van der Waals surface area contributed by atoms with Crippen LogP contribution in [0.15, 0.2) is 35.2 Å². The Kier molecular flexibility index (Phi) is 5.24. The minimum atomic E-state index is -0.951. The molecule has 0 aromatic heterocycles. The van der Waals surface area contributed by atoms with Gasteiger partial charge in [-0.25, -0.2) is 8.78 Å². The molecule has 2 aromatic rings. The Balaban J connectivity index is 2.16. The lowest BCUT2D eigenvalue weighted by Crippen LogP contribution is -2.17. The van der Waals surface area contributed by atoms with Gasteiger partial charge in [0.25, 0.3) is 5.91 Å². The van der Waals surface area contributed by atoms with Crippen molar-refractivity contribution in [1.82, 2.24) is 5.32 Å². The monoisotopic (exact) mass is 393 g/mol. The minimum absolute atomic E-state index is 0.306. The zero-order valence-electron chi connectivity index (χ0n) is 13.8. The summed E-state index contributed by atoms with van der Waals surface area (Å²) in [5.41, 5.74) is 1.59. The molecule has 1 saturated heterocycles. The summed E-state index contributed by atoms with van der Waals surface area (Å²) in [5, 5.41) is 2.54. The van der Waals surface area contributed by atoms with Crippen molar-refractivity contribution in [2.45, 2.75) is 0 Å². The predicted octanol–water partition coefficient (Wildman–Crippen LogP) is 4.14. The quantitative estimate of drug-likeness (QED) is 0.625. The van der Waals surface area contributed by atoms with Crippen LogP contribution in [0.25, 0.3) is 17.2 Å². The summed E-state index contributed by atoms with van der Waals surface area (Å²) in [5.74, 6) is -1.37. The molecule has 0 radical (unpaired) electrons. The molecule has 1 heterocycles. The van der Waals surface area contributed by atoms with E-state index < -0.39 is 11.6 Å². The maximum Gasteiger partial charge on any atom is 0.263 e. The summed E-state index contributed by atoms with van der Waals surface area (Å²) in [6, 6.07) is 6.97. The van der Waals surface area contributed by atoms with E-state index >= 15 is 0 Å².